The summed E-state index contributed by atoms with van der Waals surface area (Å²) in [6, 6.07) is 9.86. The maximum absolute atomic E-state index is 11.1. The minimum absolute atomic E-state index is 0.0367. The predicted molar refractivity (Wildman–Crippen MR) is 81.8 cm³/mol. The van der Waals surface area contributed by atoms with Gasteiger partial charge in [-0.05, 0) is 24.3 Å². The second-order valence-corrected chi connectivity index (χ2v) is 5.51. The molecule has 0 N–H and O–H groups in total. The first-order valence-corrected chi connectivity index (χ1v) is 7.08. The third-order valence-corrected chi connectivity index (χ3v) is 4.07. The van der Waals surface area contributed by atoms with Crippen molar-refractivity contribution in [3.8, 4) is 11.5 Å². The molecule has 0 spiro atoms. The Morgan fingerprint density at radius 2 is 1.81 bits per heavy atom. The van der Waals surface area contributed by atoms with Crippen LogP contribution < -0.4 is 9.47 Å². The van der Waals surface area contributed by atoms with Crippen LogP contribution in [0.5, 0.6) is 11.5 Å². The first kappa shape index (κ1) is 15.5. The number of halogens is 1. The minimum atomic E-state index is -0.454. The minimum Gasteiger partial charge on any atom is -0.497 e. The molecule has 7 heteroatoms. The van der Waals surface area contributed by atoms with Crippen LogP contribution in [-0.2, 0) is 0 Å². The summed E-state index contributed by atoms with van der Waals surface area (Å²) in [7, 11) is 3.10. The van der Waals surface area contributed by atoms with Gasteiger partial charge in [-0.1, -0.05) is 23.4 Å². The summed E-state index contributed by atoms with van der Waals surface area (Å²) in [4.78, 5) is 11.9. The van der Waals surface area contributed by atoms with Crippen molar-refractivity contribution in [2.24, 2.45) is 0 Å². The Kier molecular flexibility index (Phi) is 4.93. The van der Waals surface area contributed by atoms with Crippen LogP contribution in [0.15, 0.2) is 46.2 Å². The highest BCUT2D eigenvalue weighted by atomic mass is 35.5. The van der Waals surface area contributed by atoms with Crippen LogP contribution in [0.3, 0.4) is 0 Å². The number of hydrogen-bond donors (Lipinski definition) is 0. The molecule has 0 aliphatic rings. The van der Waals surface area contributed by atoms with Crippen LogP contribution in [0.4, 0.5) is 5.69 Å². The lowest BCUT2D eigenvalue weighted by Gasteiger charge is -2.10. The quantitative estimate of drug-likeness (QED) is 0.601. The summed E-state index contributed by atoms with van der Waals surface area (Å²) in [5.41, 5.74) is -0.0367. The van der Waals surface area contributed by atoms with E-state index >= 15 is 0 Å². The largest absolute Gasteiger partial charge is 0.497 e. The smallest absolute Gasteiger partial charge is 0.284 e. The van der Waals surface area contributed by atoms with Gasteiger partial charge in [-0.2, -0.15) is 0 Å². The van der Waals surface area contributed by atoms with Crippen molar-refractivity contribution in [2.75, 3.05) is 14.2 Å². The number of nitro benzene ring substituents is 1. The van der Waals surface area contributed by atoms with Gasteiger partial charge < -0.3 is 9.47 Å². The van der Waals surface area contributed by atoms with E-state index in [-0.39, 0.29) is 5.69 Å². The van der Waals surface area contributed by atoms with Gasteiger partial charge in [0, 0.05) is 17.2 Å². The molecule has 0 aliphatic heterocycles. The Labute approximate surface area is 131 Å². The normalized spacial score (nSPS) is 10.2. The second-order valence-electron chi connectivity index (χ2n) is 3.99. The van der Waals surface area contributed by atoms with Crippen LogP contribution in [0.1, 0.15) is 0 Å². The second kappa shape index (κ2) is 6.69. The number of rotatable bonds is 5. The van der Waals surface area contributed by atoms with E-state index in [1.54, 1.807) is 37.4 Å². The highest BCUT2D eigenvalue weighted by Gasteiger charge is 2.17. The van der Waals surface area contributed by atoms with Crippen molar-refractivity contribution in [3.05, 3.63) is 51.5 Å². The van der Waals surface area contributed by atoms with Crippen LogP contribution in [0.2, 0.25) is 5.02 Å². The topological polar surface area (TPSA) is 61.6 Å². The first-order valence-electron chi connectivity index (χ1n) is 5.89. The van der Waals surface area contributed by atoms with Crippen molar-refractivity contribution in [2.45, 2.75) is 9.79 Å². The fraction of sp³-hybridized carbons (Fsp3) is 0.143. The third kappa shape index (κ3) is 3.59. The van der Waals surface area contributed by atoms with Crippen molar-refractivity contribution in [1.82, 2.24) is 0 Å². The summed E-state index contributed by atoms with van der Waals surface area (Å²) in [5.74, 6) is 1.24. The number of nitro groups is 1. The number of ether oxygens (including phenoxy) is 2. The summed E-state index contributed by atoms with van der Waals surface area (Å²) in [6.07, 6.45) is 0. The molecule has 0 bridgehead atoms. The molecule has 0 amide bonds. The van der Waals surface area contributed by atoms with Gasteiger partial charge in [-0.3, -0.25) is 10.1 Å². The van der Waals surface area contributed by atoms with E-state index in [9.17, 15) is 10.1 Å². The maximum Gasteiger partial charge on any atom is 0.284 e. The molecule has 2 rings (SSSR count). The van der Waals surface area contributed by atoms with Gasteiger partial charge in [0.05, 0.1) is 28.9 Å². The average molecular weight is 326 g/mol. The zero-order valence-electron chi connectivity index (χ0n) is 11.3. The summed E-state index contributed by atoms with van der Waals surface area (Å²) in [6.45, 7) is 0. The zero-order chi connectivity index (χ0) is 15.4. The van der Waals surface area contributed by atoms with Crippen molar-refractivity contribution >= 4 is 29.1 Å². The zero-order valence-corrected chi connectivity index (χ0v) is 12.9. The molecule has 5 nitrogen and oxygen atoms in total. The highest BCUT2D eigenvalue weighted by molar-refractivity contribution is 7.99. The van der Waals surface area contributed by atoms with Gasteiger partial charge >= 0.3 is 0 Å². The lowest BCUT2D eigenvalue weighted by atomic mass is 10.3. The Morgan fingerprint density at radius 3 is 2.43 bits per heavy atom. The molecule has 0 saturated carbocycles. The van der Waals surface area contributed by atoms with Gasteiger partial charge in [0.25, 0.3) is 5.69 Å². The Bertz CT molecular complexity index is 678. The van der Waals surface area contributed by atoms with E-state index in [4.69, 9.17) is 21.1 Å². The molecule has 0 aliphatic carbocycles. The summed E-state index contributed by atoms with van der Waals surface area (Å²) >= 11 is 7.05. The molecule has 0 fully saturated rings. The standard InChI is InChI=1S/C14H12ClNO4S/c1-19-10-4-6-14(12(8-10)20-2)21-13-5-3-9(15)7-11(13)16(17)18/h3-8H,1-2H3. The molecular formula is C14H12ClNO4S. The molecule has 0 atom stereocenters. The van der Waals surface area contributed by atoms with Crippen LogP contribution in [0, 0.1) is 10.1 Å². The Morgan fingerprint density at radius 1 is 1.10 bits per heavy atom. The van der Waals surface area contributed by atoms with Crippen LogP contribution >= 0.6 is 23.4 Å². The fourth-order valence-electron chi connectivity index (χ4n) is 1.70. The molecule has 0 radical (unpaired) electrons. The lowest BCUT2D eigenvalue weighted by molar-refractivity contribution is -0.387. The van der Waals surface area contributed by atoms with Gasteiger partial charge in [0.1, 0.15) is 11.5 Å². The lowest BCUT2D eigenvalue weighted by Crippen LogP contribution is -1.92. The van der Waals surface area contributed by atoms with Crippen LogP contribution in [0.25, 0.3) is 0 Å². The van der Waals surface area contributed by atoms with E-state index in [1.807, 2.05) is 0 Å². The van der Waals surface area contributed by atoms with E-state index in [0.29, 0.717) is 21.4 Å². The van der Waals surface area contributed by atoms with Crippen molar-refractivity contribution in [3.63, 3.8) is 0 Å². The fourth-order valence-corrected chi connectivity index (χ4v) is 2.85. The highest BCUT2D eigenvalue weighted by Crippen LogP contribution is 2.41. The van der Waals surface area contributed by atoms with Crippen molar-refractivity contribution < 1.29 is 14.4 Å². The number of hydrogen-bond acceptors (Lipinski definition) is 5. The average Bonchev–Trinajstić information content (AvgIpc) is 2.49. The third-order valence-electron chi connectivity index (χ3n) is 2.71. The molecule has 2 aromatic rings. The molecule has 0 heterocycles. The molecule has 2 aromatic carbocycles. The van der Waals surface area contributed by atoms with Gasteiger partial charge in [0.15, 0.2) is 0 Å². The van der Waals surface area contributed by atoms with E-state index in [2.05, 4.69) is 0 Å². The van der Waals surface area contributed by atoms with Gasteiger partial charge in [0.2, 0.25) is 0 Å². The van der Waals surface area contributed by atoms with Gasteiger partial charge in [-0.25, -0.2) is 0 Å². The summed E-state index contributed by atoms with van der Waals surface area (Å²) < 4.78 is 10.4. The van der Waals surface area contributed by atoms with Crippen LogP contribution in [-0.4, -0.2) is 19.1 Å². The maximum atomic E-state index is 11.1. The number of benzene rings is 2. The van der Waals surface area contributed by atoms with Crippen molar-refractivity contribution in [1.29, 1.82) is 0 Å². The predicted octanol–water partition coefficient (Wildman–Crippen LogP) is 4.42. The molecule has 0 saturated heterocycles. The number of nitrogens with zero attached hydrogens (tertiary/aromatic N) is 1. The summed E-state index contributed by atoms with van der Waals surface area (Å²) in [5, 5.41) is 11.4. The molecule has 0 unspecified atom stereocenters. The SMILES string of the molecule is COc1ccc(Sc2ccc(Cl)cc2[N+](=O)[O-])c(OC)c1. The van der Waals surface area contributed by atoms with Gasteiger partial charge in [-0.15, -0.1) is 0 Å². The monoisotopic (exact) mass is 325 g/mol. The molecular weight excluding hydrogens is 314 g/mol. The first-order chi connectivity index (χ1) is 10.0. The van der Waals surface area contributed by atoms with E-state index < -0.39 is 4.92 Å². The number of methoxy groups -OCH3 is 2. The van der Waals surface area contributed by atoms with E-state index in [0.717, 1.165) is 4.90 Å². The molecule has 110 valence electrons. The molecule has 21 heavy (non-hydrogen) atoms. The molecule has 0 aromatic heterocycles. The Balaban J connectivity index is 2.40. The van der Waals surface area contributed by atoms with E-state index in [1.165, 1.54) is 24.9 Å². The Hall–Kier alpha value is -1.92.